The van der Waals surface area contributed by atoms with Crippen LogP contribution in [0, 0.1) is 0 Å². The summed E-state index contributed by atoms with van der Waals surface area (Å²) >= 11 is 6.12. The number of rotatable bonds is 5. The van der Waals surface area contributed by atoms with Crippen molar-refractivity contribution in [3.63, 3.8) is 0 Å². The topological polar surface area (TPSA) is 61.8 Å². The Kier molecular flexibility index (Phi) is 5.99. The summed E-state index contributed by atoms with van der Waals surface area (Å²) in [5.74, 6) is -0.798. The van der Waals surface area contributed by atoms with E-state index in [9.17, 15) is 22.8 Å². The maximum atomic E-state index is 13.2. The number of amides is 2. The van der Waals surface area contributed by atoms with Crippen LogP contribution in [0.15, 0.2) is 53.5 Å². The van der Waals surface area contributed by atoms with E-state index in [-0.39, 0.29) is 24.7 Å². The molecule has 9 heteroatoms. The molecular formula is C23H21ClF3N3O2. The van der Waals surface area contributed by atoms with Gasteiger partial charge in [0.1, 0.15) is 17.9 Å². The first-order valence-corrected chi connectivity index (χ1v) is 10.7. The van der Waals surface area contributed by atoms with Gasteiger partial charge in [0, 0.05) is 17.1 Å². The Hall–Kier alpha value is -2.87. The zero-order chi connectivity index (χ0) is 22.9. The normalized spacial score (nSPS) is 17.7. The van der Waals surface area contributed by atoms with E-state index in [4.69, 9.17) is 11.6 Å². The number of carbonyl (C=O) groups is 2. The number of hydrogen-bond donors (Lipinski definition) is 1. The largest absolute Gasteiger partial charge is 0.416 e. The van der Waals surface area contributed by atoms with Crippen LogP contribution in [-0.2, 0) is 22.3 Å². The quantitative estimate of drug-likeness (QED) is 0.705. The molecule has 0 saturated heterocycles. The fourth-order valence-corrected chi connectivity index (χ4v) is 4.42. The second-order valence-electron chi connectivity index (χ2n) is 7.98. The Morgan fingerprint density at radius 2 is 1.75 bits per heavy atom. The van der Waals surface area contributed by atoms with Crippen molar-refractivity contribution in [1.82, 2.24) is 10.2 Å². The van der Waals surface area contributed by atoms with E-state index < -0.39 is 23.3 Å². The smallest absolute Gasteiger partial charge is 0.350 e. The number of halogens is 4. The first-order valence-electron chi connectivity index (χ1n) is 10.3. The van der Waals surface area contributed by atoms with Crippen LogP contribution in [-0.4, -0.2) is 34.6 Å². The SMILES string of the molecule is O=C(CN1C(=O)C(c2ccc(C(F)(F)F)cc2)=NC12CCCC2)NCc1ccccc1Cl. The van der Waals surface area contributed by atoms with Crippen LogP contribution in [0.3, 0.4) is 0 Å². The summed E-state index contributed by atoms with van der Waals surface area (Å²) in [7, 11) is 0. The molecule has 32 heavy (non-hydrogen) atoms. The highest BCUT2D eigenvalue weighted by molar-refractivity contribution is 6.47. The van der Waals surface area contributed by atoms with Crippen LogP contribution in [0.5, 0.6) is 0 Å². The third-order valence-corrected chi connectivity index (χ3v) is 6.26. The van der Waals surface area contributed by atoms with Gasteiger partial charge in [0.05, 0.1) is 5.56 Å². The summed E-state index contributed by atoms with van der Waals surface area (Å²) < 4.78 is 38.6. The maximum Gasteiger partial charge on any atom is 0.416 e. The average molecular weight is 464 g/mol. The lowest BCUT2D eigenvalue weighted by Crippen LogP contribution is -2.49. The molecule has 5 nitrogen and oxygen atoms in total. The molecular weight excluding hydrogens is 443 g/mol. The molecule has 0 bridgehead atoms. The molecule has 0 radical (unpaired) electrons. The van der Waals surface area contributed by atoms with Crippen molar-refractivity contribution in [2.24, 2.45) is 4.99 Å². The third-order valence-electron chi connectivity index (χ3n) is 5.90. The fraction of sp³-hybridized carbons (Fsp3) is 0.348. The van der Waals surface area contributed by atoms with E-state index in [0.717, 1.165) is 30.5 Å². The molecule has 0 aromatic heterocycles. The molecule has 168 valence electrons. The predicted octanol–water partition coefficient (Wildman–Crippen LogP) is 4.58. The predicted molar refractivity (Wildman–Crippen MR) is 114 cm³/mol. The Labute approximate surface area is 188 Å². The molecule has 1 heterocycles. The van der Waals surface area contributed by atoms with Gasteiger partial charge in [-0.05, 0) is 49.4 Å². The van der Waals surface area contributed by atoms with Crippen LogP contribution in [0.1, 0.15) is 42.4 Å². The lowest BCUT2D eigenvalue weighted by molar-refractivity contribution is -0.137. The number of benzene rings is 2. The summed E-state index contributed by atoms with van der Waals surface area (Å²) in [6.45, 7) is 0.0388. The molecule has 1 saturated carbocycles. The van der Waals surface area contributed by atoms with Gasteiger partial charge in [0.2, 0.25) is 5.91 Å². The van der Waals surface area contributed by atoms with Crippen molar-refractivity contribution >= 4 is 29.1 Å². The van der Waals surface area contributed by atoms with Crippen LogP contribution < -0.4 is 5.32 Å². The molecule has 2 aromatic rings. The molecule has 1 aliphatic heterocycles. The molecule has 2 amide bonds. The molecule has 0 unspecified atom stereocenters. The molecule has 1 fully saturated rings. The molecule has 2 aliphatic rings. The van der Waals surface area contributed by atoms with Gasteiger partial charge in [-0.2, -0.15) is 13.2 Å². The number of nitrogens with one attached hydrogen (secondary N) is 1. The second-order valence-corrected chi connectivity index (χ2v) is 8.39. The van der Waals surface area contributed by atoms with Gasteiger partial charge in [-0.15, -0.1) is 0 Å². The van der Waals surface area contributed by atoms with Gasteiger partial charge in [-0.25, -0.2) is 0 Å². The number of carbonyl (C=O) groups excluding carboxylic acids is 2. The Morgan fingerprint density at radius 1 is 1.09 bits per heavy atom. The number of alkyl halides is 3. The van der Waals surface area contributed by atoms with Gasteiger partial charge in [-0.1, -0.05) is 41.9 Å². The minimum Gasteiger partial charge on any atom is -0.350 e. The molecule has 0 atom stereocenters. The molecule has 4 rings (SSSR count). The van der Waals surface area contributed by atoms with Gasteiger partial charge in [0.25, 0.3) is 5.91 Å². The van der Waals surface area contributed by atoms with E-state index in [1.165, 1.54) is 17.0 Å². The monoisotopic (exact) mass is 463 g/mol. The van der Waals surface area contributed by atoms with Crippen LogP contribution in [0.25, 0.3) is 0 Å². The van der Waals surface area contributed by atoms with E-state index in [1.54, 1.807) is 18.2 Å². The highest BCUT2D eigenvalue weighted by Crippen LogP contribution is 2.41. The second kappa shape index (κ2) is 8.58. The minimum atomic E-state index is -4.46. The number of hydrogen-bond acceptors (Lipinski definition) is 3. The average Bonchev–Trinajstić information content (AvgIpc) is 3.33. The first kappa shape index (κ1) is 22.3. The van der Waals surface area contributed by atoms with Crippen molar-refractivity contribution in [2.75, 3.05) is 6.54 Å². The zero-order valence-corrected chi connectivity index (χ0v) is 17.8. The summed E-state index contributed by atoms with van der Waals surface area (Å²) in [4.78, 5) is 31.9. The first-order chi connectivity index (χ1) is 15.2. The van der Waals surface area contributed by atoms with Gasteiger partial charge < -0.3 is 10.2 Å². The van der Waals surface area contributed by atoms with E-state index in [2.05, 4.69) is 10.3 Å². The fourth-order valence-electron chi connectivity index (χ4n) is 4.22. The lowest BCUT2D eigenvalue weighted by Gasteiger charge is -2.32. The summed E-state index contributed by atoms with van der Waals surface area (Å²) in [5.41, 5.74) is -0.448. The zero-order valence-electron chi connectivity index (χ0n) is 17.1. The van der Waals surface area contributed by atoms with Gasteiger partial charge in [-0.3, -0.25) is 14.6 Å². The molecule has 2 aromatic carbocycles. The minimum absolute atomic E-state index is 0.0968. The third kappa shape index (κ3) is 4.37. The summed E-state index contributed by atoms with van der Waals surface area (Å²) in [6, 6.07) is 11.5. The summed E-state index contributed by atoms with van der Waals surface area (Å²) in [5, 5.41) is 3.31. The molecule has 1 N–H and O–H groups in total. The Bertz CT molecular complexity index is 1060. The summed E-state index contributed by atoms with van der Waals surface area (Å²) in [6.07, 6.45) is -1.52. The number of aliphatic imine (C=N–C) groups is 1. The van der Waals surface area contributed by atoms with Gasteiger partial charge >= 0.3 is 6.18 Å². The Balaban J connectivity index is 1.51. The molecule has 1 spiro atoms. The standard InChI is InChI=1S/C23H21ClF3N3O2/c24-18-6-2-1-5-16(18)13-28-19(31)14-30-21(32)20(29-22(30)11-3-4-12-22)15-7-9-17(10-8-15)23(25,26)27/h1-2,5-10H,3-4,11-14H2,(H,28,31). The van der Waals surface area contributed by atoms with Crippen LogP contribution in [0.4, 0.5) is 13.2 Å². The van der Waals surface area contributed by atoms with Crippen LogP contribution >= 0.6 is 11.6 Å². The van der Waals surface area contributed by atoms with E-state index in [1.807, 2.05) is 6.07 Å². The van der Waals surface area contributed by atoms with Crippen LogP contribution in [0.2, 0.25) is 5.02 Å². The molecule has 1 aliphatic carbocycles. The van der Waals surface area contributed by atoms with Crippen molar-refractivity contribution < 1.29 is 22.8 Å². The van der Waals surface area contributed by atoms with E-state index >= 15 is 0 Å². The van der Waals surface area contributed by atoms with Crippen molar-refractivity contribution in [1.29, 1.82) is 0 Å². The van der Waals surface area contributed by atoms with E-state index in [0.29, 0.717) is 23.4 Å². The number of nitrogens with zero attached hydrogens (tertiary/aromatic N) is 2. The maximum absolute atomic E-state index is 13.2. The van der Waals surface area contributed by atoms with Crippen molar-refractivity contribution in [3.8, 4) is 0 Å². The highest BCUT2D eigenvalue weighted by Gasteiger charge is 2.49. The van der Waals surface area contributed by atoms with Gasteiger partial charge in [0.15, 0.2) is 0 Å². The Morgan fingerprint density at radius 3 is 2.38 bits per heavy atom. The highest BCUT2D eigenvalue weighted by atomic mass is 35.5. The lowest BCUT2D eigenvalue weighted by atomic mass is 10.1. The van der Waals surface area contributed by atoms with Crippen molar-refractivity contribution in [3.05, 3.63) is 70.2 Å². The van der Waals surface area contributed by atoms with Crippen molar-refractivity contribution in [2.45, 2.75) is 44.1 Å².